The minimum absolute atomic E-state index is 0.519. The summed E-state index contributed by atoms with van der Waals surface area (Å²) in [5, 5.41) is 11.3. The Morgan fingerprint density at radius 3 is 2.25 bits per heavy atom. The molecular formula is C16H17Cl2NO. The van der Waals surface area contributed by atoms with Crippen LogP contribution < -0.4 is 0 Å². The number of hydrogen-bond donors (Lipinski definition) is 1. The van der Waals surface area contributed by atoms with E-state index in [2.05, 4.69) is 17.0 Å². The van der Waals surface area contributed by atoms with Crippen molar-refractivity contribution in [2.45, 2.75) is 12.6 Å². The summed E-state index contributed by atoms with van der Waals surface area (Å²) in [7, 11) is 1.97. The highest BCUT2D eigenvalue weighted by atomic mass is 35.5. The lowest BCUT2D eigenvalue weighted by Crippen LogP contribution is -2.24. The van der Waals surface area contributed by atoms with Gasteiger partial charge in [0.05, 0.1) is 6.10 Å². The predicted molar refractivity (Wildman–Crippen MR) is 84.2 cm³/mol. The van der Waals surface area contributed by atoms with Gasteiger partial charge < -0.3 is 5.11 Å². The zero-order valence-corrected chi connectivity index (χ0v) is 12.8. The van der Waals surface area contributed by atoms with Crippen molar-refractivity contribution >= 4 is 23.2 Å². The highest BCUT2D eigenvalue weighted by Crippen LogP contribution is 2.24. The quantitative estimate of drug-likeness (QED) is 0.896. The fourth-order valence-electron chi connectivity index (χ4n) is 2.13. The molecule has 4 heteroatoms. The van der Waals surface area contributed by atoms with Crippen molar-refractivity contribution in [1.82, 2.24) is 4.90 Å². The Hall–Kier alpha value is -1.06. The fourth-order valence-corrected chi connectivity index (χ4v) is 2.67. The normalized spacial score (nSPS) is 12.7. The Morgan fingerprint density at radius 2 is 1.65 bits per heavy atom. The number of rotatable bonds is 5. The van der Waals surface area contributed by atoms with Crippen molar-refractivity contribution in [3.05, 3.63) is 69.7 Å². The number of nitrogens with zero attached hydrogens (tertiary/aromatic N) is 1. The molecule has 106 valence electrons. The third-order valence-corrected chi connectivity index (χ3v) is 3.49. The number of likely N-dealkylation sites (N-methyl/N-ethyl adjacent to an activating group) is 1. The molecule has 1 atom stereocenters. The molecule has 20 heavy (non-hydrogen) atoms. The number of hydrogen-bond acceptors (Lipinski definition) is 2. The van der Waals surface area contributed by atoms with Gasteiger partial charge in [0.25, 0.3) is 0 Å². The second kappa shape index (κ2) is 7.09. The van der Waals surface area contributed by atoms with E-state index in [9.17, 15) is 5.11 Å². The van der Waals surface area contributed by atoms with E-state index < -0.39 is 6.10 Å². The largest absolute Gasteiger partial charge is 0.387 e. The molecule has 0 saturated carbocycles. The summed E-state index contributed by atoms with van der Waals surface area (Å²) >= 11 is 11.9. The molecule has 1 N–H and O–H groups in total. The smallest absolute Gasteiger partial charge is 0.0917 e. The van der Waals surface area contributed by atoms with Gasteiger partial charge in [0.15, 0.2) is 0 Å². The molecule has 2 aromatic carbocycles. The van der Waals surface area contributed by atoms with Crippen LogP contribution in [-0.2, 0) is 6.54 Å². The van der Waals surface area contributed by atoms with Gasteiger partial charge in [-0.15, -0.1) is 0 Å². The van der Waals surface area contributed by atoms with Crippen LogP contribution in [0.2, 0.25) is 10.0 Å². The van der Waals surface area contributed by atoms with Crippen LogP contribution in [0.25, 0.3) is 0 Å². The molecule has 2 rings (SSSR count). The third kappa shape index (κ3) is 4.50. The van der Waals surface area contributed by atoms with Crippen LogP contribution in [0.15, 0.2) is 48.5 Å². The highest BCUT2D eigenvalue weighted by Gasteiger charge is 2.12. The molecule has 0 spiro atoms. The van der Waals surface area contributed by atoms with Crippen LogP contribution in [0, 0.1) is 0 Å². The van der Waals surface area contributed by atoms with Gasteiger partial charge in [-0.05, 0) is 36.4 Å². The summed E-state index contributed by atoms with van der Waals surface area (Å²) in [4.78, 5) is 2.06. The van der Waals surface area contributed by atoms with E-state index in [0.717, 1.165) is 12.1 Å². The van der Waals surface area contributed by atoms with E-state index in [1.165, 1.54) is 5.56 Å². The minimum Gasteiger partial charge on any atom is -0.387 e. The lowest BCUT2D eigenvalue weighted by molar-refractivity contribution is 0.124. The van der Waals surface area contributed by atoms with Gasteiger partial charge in [-0.25, -0.2) is 0 Å². The van der Waals surface area contributed by atoms with Crippen LogP contribution in [0.5, 0.6) is 0 Å². The first-order valence-electron chi connectivity index (χ1n) is 6.41. The van der Waals surface area contributed by atoms with E-state index in [4.69, 9.17) is 23.2 Å². The van der Waals surface area contributed by atoms with Crippen LogP contribution in [0.3, 0.4) is 0 Å². The lowest BCUT2D eigenvalue weighted by Gasteiger charge is -2.21. The van der Waals surface area contributed by atoms with Crippen LogP contribution in [-0.4, -0.2) is 23.6 Å². The summed E-state index contributed by atoms with van der Waals surface area (Å²) in [5.41, 5.74) is 1.95. The van der Waals surface area contributed by atoms with Gasteiger partial charge in [0, 0.05) is 23.1 Å². The first-order valence-corrected chi connectivity index (χ1v) is 7.16. The van der Waals surface area contributed by atoms with E-state index in [0.29, 0.717) is 16.6 Å². The van der Waals surface area contributed by atoms with E-state index in [1.54, 1.807) is 18.2 Å². The molecule has 0 saturated heterocycles. The summed E-state index contributed by atoms with van der Waals surface area (Å²) in [5.74, 6) is 0. The SMILES string of the molecule is CN(Cc1ccccc1)CC(O)c1cc(Cl)cc(Cl)c1. The number of aliphatic hydroxyl groups is 1. The van der Waals surface area contributed by atoms with Gasteiger partial charge >= 0.3 is 0 Å². The lowest BCUT2D eigenvalue weighted by atomic mass is 10.1. The van der Waals surface area contributed by atoms with Gasteiger partial charge in [0.1, 0.15) is 0 Å². The second-order valence-corrected chi connectivity index (χ2v) is 5.77. The molecule has 0 bridgehead atoms. The maximum absolute atomic E-state index is 10.3. The summed E-state index contributed by atoms with van der Waals surface area (Å²) < 4.78 is 0. The van der Waals surface area contributed by atoms with Gasteiger partial charge in [-0.1, -0.05) is 53.5 Å². The van der Waals surface area contributed by atoms with Crippen molar-refractivity contribution < 1.29 is 5.11 Å². The maximum atomic E-state index is 10.3. The topological polar surface area (TPSA) is 23.5 Å². The average molecular weight is 310 g/mol. The van der Waals surface area contributed by atoms with Crippen molar-refractivity contribution in [2.75, 3.05) is 13.6 Å². The van der Waals surface area contributed by atoms with Crippen LogP contribution in [0.4, 0.5) is 0 Å². The molecule has 0 aromatic heterocycles. The Morgan fingerprint density at radius 1 is 1.05 bits per heavy atom. The molecule has 1 unspecified atom stereocenters. The van der Waals surface area contributed by atoms with Gasteiger partial charge in [-0.3, -0.25) is 4.90 Å². The van der Waals surface area contributed by atoms with Crippen molar-refractivity contribution in [3.8, 4) is 0 Å². The first kappa shape index (κ1) is 15.3. The Labute approximate surface area is 129 Å². The van der Waals surface area contributed by atoms with E-state index in [1.807, 2.05) is 25.2 Å². The molecule has 0 heterocycles. The van der Waals surface area contributed by atoms with Crippen molar-refractivity contribution in [1.29, 1.82) is 0 Å². The number of halogens is 2. The standard InChI is InChI=1S/C16H17Cl2NO/c1-19(10-12-5-3-2-4-6-12)11-16(20)13-7-14(17)9-15(18)8-13/h2-9,16,20H,10-11H2,1H3. The molecule has 0 aliphatic rings. The summed E-state index contributed by atoms with van der Waals surface area (Å²) in [6.45, 7) is 1.30. The predicted octanol–water partition coefficient (Wildman–Crippen LogP) is 4.16. The van der Waals surface area contributed by atoms with E-state index in [-0.39, 0.29) is 0 Å². The number of aliphatic hydroxyl groups excluding tert-OH is 1. The monoisotopic (exact) mass is 309 g/mol. The molecule has 0 amide bonds. The zero-order chi connectivity index (χ0) is 14.5. The van der Waals surface area contributed by atoms with Crippen LogP contribution in [0.1, 0.15) is 17.2 Å². The van der Waals surface area contributed by atoms with Gasteiger partial charge in [0.2, 0.25) is 0 Å². The van der Waals surface area contributed by atoms with Crippen molar-refractivity contribution in [2.24, 2.45) is 0 Å². The third-order valence-electron chi connectivity index (χ3n) is 3.05. The molecular weight excluding hydrogens is 293 g/mol. The average Bonchev–Trinajstić information content (AvgIpc) is 2.38. The summed E-state index contributed by atoms with van der Waals surface area (Å²) in [6.07, 6.45) is -0.611. The molecule has 2 nitrogen and oxygen atoms in total. The fraction of sp³-hybridized carbons (Fsp3) is 0.250. The molecule has 0 radical (unpaired) electrons. The zero-order valence-electron chi connectivity index (χ0n) is 11.3. The summed E-state index contributed by atoms with van der Waals surface area (Å²) in [6, 6.07) is 15.3. The highest BCUT2D eigenvalue weighted by molar-refractivity contribution is 6.34. The first-order chi connectivity index (χ1) is 9.54. The van der Waals surface area contributed by atoms with Crippen LogP contribution >= 0.6 is 23.2 Å². The molecule has 0 aliphatic heterocycles. The van der Waals surface area contributed by atoms with Gasteiger partial charge in [-0.2, -0.15) is 0 Å². The van der Waals surface area contributed by atoms with Crippen molar-refractivity contribution in [3.63, 3.8) is 0 Å². The Bertz CT molecular complexity index is 539. The molecule has 0 fully saturated rings. The second-order valence-electron chi connectivity index (χ2n) is 4.90. The Balaban J connectivity index is 1.98. The maximum Gasteiger partial charge on any atom is 0.0917 e. The Kier molecular flexibility index (Phi) is 5.44. The van der Waals surface area contributed by atoms with E-state index >= 15 is 0 Å². The molecule has 2 aromatic rings. The minimum atomic E-state index is -0.611. The molecule has 0 aliphatic carbocycles. The number of benzene rings is 2.